The van der Waals surface area contributed by atoms with Gasteiger partial charge in [-0.25, -0.2) is 0 Å². The van der Waals surface area contributed by atoms with E-state index in [0.29, 0.717) is 12.2 Å². The molecule has 144 valence electrons. The van der Waals surface area contributed by atoms with E-state index in [-0.39, 0.29) is 23.5 Å². The van der Waals surface area contributed by atoms with E-state index in [0.717, 1.165) is 44.1 Å². The van der Waals surface area contributed by atoms with Gasteiger partial charge in [0.15, 0.2) is 0 Å². The monoisotopic (exact) mass is 389 g/mol. The first-order valence-corrected chi connectivity index (χ1v) is 9.83. The molecule has 2 amide bonds. The summed E-state index contributed by atoms with van der Waals surface area (Å²) in [5.41, 5.74) is 1.04. The lowest BCUT2D eigenvalue weighted by molar-refractivity contribution is -0.120. The molecule has 0 aliphatic heterocycles. The Kier molecular flexibility index (Phi) is 6.50. The average Bonchev–Trinajstić information content (AvgIpc) is 3.09. The summed E-state index contributed by atoms with van der Waals surface area (Å²) in [4.78, 5) is 24.4. The van der Waals surface area contributed by atoms with Crippen LogP contribution in [-0.4, -0.2) is 34.9 Å². The molecular weight excluding hydrogens is 366 g/mol. The average molecular weight is 390 g/mol. The Morgan fingerprint density at radius 2 is 1.81 bits per heavy atom. The van der Waals surface area contributed by atoms with Crippen molar-refractivity contribution in [3.63, 3.8) is 0 Å². The summed E-state index contributed by atoms with van der Waals surface area (Å²) in [6.07, 6.45) is 5.94. The van der Waals surface area contributed by atoms with Gasteiger partial charge in [-0.05, 0) is 12.8 Å². The molecule has 2 aromatic rings. The van der Waals surface area contributed by atoms with Crippen molar-refractivity contribution in [1.29, 1.82) is 0 Å². The molecule has 7 heteroatoms. The van der Waals surface area contributed by atoms with Crippen LogP contribution in [0.4, 0.5) is 0 Å². The van der Waals surface area contributed by atoms with Crippen LogP contribution in [0.3, 0.4) is 0 Å². The third-order valence-corrected chi connectivity index (χ3v) is 5.22. The largest absolute Gasteiger partial charge is 0.350 e. The molecule has 1 aliphatic carbocycles. The summed E-state index contributed by atoms with van der Waals surface area (Å²) in [5, 5.41) is 9.90. The highest BCUT2D eigenvalue weighted by Gasteiger charge is 2.33. The van der Waals surface area contributed by atoms with Crippen LogP contribution in [0, 0.1) is 0 Å². The number of alkyl halides is 1. The molecule has 1 saturated carbocycles. The minimum atomic E-state index is -0.458. The summed E-state index contributed by atoms with van der Waals surface area (Å²) >= 11 is 5.67. The summed E-state index contributed by atoms with van der Waals surface area (Å²) < 4.78 is 5.21. The van der Waals surface area contributed by atoms with Crippen LogP contribution in [-0.2, 0) is 4.79 Å². The van der Waals surface area contributed by atoms with Crippen molar-refractivity contribution in [2.75, 3.05) is 12.4 Å². The number of aromatic nitrogens is 1. The fourth-order valence-corrected chi connectivity index (χ4v) is 3.61. The van der Waals surface area contributed by atoms with E-state index in [1.54, 1.807) is 6.07 Å². The molecule has 0 bridgehead atoms. The van der Waals surface area contributed by atoms with Gasteiger partial charge < -0.3 is 15.2 Å². The molecule has 0 spiro atoms. The van der Waals surface area contributed by atoms with E-state index < -0.39 is 5.54 Å². The number of carbonyl (C=O) groups is 2. The van der Waals surface area contributed by atoms with Gasteiger partial charge in [0.05, 0.1) is 5.54 Å². The summed E-state index contributed by atoms with van der Waals surface area (Å²) in [6.45, 7) is 0.343. The predicted octanol–water partition coefficient (Wildman–Crippen LogP) is 3.52. The molecule has 1 aromatic heterocycles. The zero-order valence-electron chi connectivity index (χ0n) is 15.2. The topological polar surface area (TPSA) is 84.2 Å². The summed E-state index contributed by atoms with van der Waals surface area (Å²) in [6, 6.07) is 11.2. The second kappa shape index (κ2) is 9.04. The first-order chi connectivity index (χ1) is 13.1. The van der Waals surface area contributed by atoms with Crippen molar-refractivity contribution in [1.82, 2.24) is 15.8 Å². The van der Waals surface area contributed by atoms with Crippen LogP contribution in [0.5, 0.6) is 0 Å². The molecule has 0 saturated heterocycles. The van der Waals surface area contributed by atoms with Crippen LogP contribution in [0.2, 0.25) is 0 Å². The lowest BCUT2D eigenvalue weighted by Crippen LogP contribution is -2.55. The van der Waals surface area contributed by atoms with Gasteiger partial charge in [-0.2, -0.15) is 0 Å². The van der Waals surface area contributed by atoms with Gasteiger partial charge in [0.1, 0.15) is 11.6 Å². The number of amides is 2. The molecule has 27 heavy (non-hydrogen) atoms. The fraction of sp³-hybridized carbons (Fsp3) is 0.450. The minimum absolute atomic E-state index is 0.0851. The van der Waals surface area contributed by atoms with Crippen molar-refractivity contribution in [3.8, 4) is 11.3 Å². The van der Waals surface area contributed by atoms with E-state index in [9.17, 15) is 9.59 Å². The lowest BCUT2D eigenvalue weighted by atomic mass is 9.89. The van der Waals surface area contributed by atoms with Crippen LogP contribution in [0.1, 0.15) is 49.1 Å². The quantitative estimate of drug-likeness (QED) is 0.584. The predicted molar refractivity (Wildman–Crippen MR) is 104 cm³/mol. The molecular formula is C20H24ClN3O3. The fourth-order valence-electron chi connectivity index (χ4n) is 3.54. The number of halogens is 1. The number of rotatable bonds is 6. The third kappa shape index (κ3) is 5.10. The minimum Gasteiger partial charge on any atom is -0.350 e. The Bertz CT molecular complexity index is 768. The molecule has 1 aliphatic rings. The first-order valence-electron chi connectivity index (χ1n) is 9.29. The van der Waals surface area contributed by atoms with Crippen molar-refractivity contribution in [2.24, 2.45) is 0 Å². The molecule has 0 radical (unpaired) electrons. The molecule has 1 heterocycles. The third-order valence-electron chi connectivity index (χ3n) is 4.98. The zero-order chi connectivity index (χ0) is 19.1. The maximum absolute atomic E-state index is 12.5. The Hall–Kier alpha value is -2.34. The molecule has 3 rings (SSSR count). The highest BCUT2D eigenvalue weighted by atomic mass is 35.5. The summed E-state index contributed by atoms with van der Waals surface area (Å²) in [5.74, 6) is -0.480. The van der Waals surface area contributed by atoms with Gasteiger partial charge in [0.25, 0.3) is 5.91 Å². The standard InChI is InChI=1S/C20H24ClN3O3/c21-13-18(25)23-20(10-6-1-2-7-11-20)14-22-19(26)17-12-16(24-27-17)15-8-4-3-5-9-15/h3-5,8-9,12H,1-2,6-7,10-11,13-14H2,(H,22,26)(H,23,25). The van der Waals surface area contributed by atoms with E-state index in [2.05, 4.69) is 15.8 Å². The number of nitrogens with zero attached hydrogens (tertiary/aromatic N) is 1. The number of nitrogens with one attached hydrogen (secondary N) is 2. The number of benzene rings is 1. The molecule has 6 nitrogen and oxygen atoms in total. The van der Waals surface area contributed by atoms with Crippen LogP contribution >= 0.6 is 11.6 Å². The second-order valence-corrected chi connectivity index (χ2v) is 7.27. The second-order valence-electron chi connectivity index (χ2n) is 7.00. The number of carbonyl (C=O) groups excluding carboxylic acids is 2. The Balaban J connectivity index is 1.67. The molecule has 2 N–H and O–H groups in total. The highest BCUT2D eigenvalue weighted by molar-refractivity contribution is 6.27. The van der Waals surface area contributed by atoms with Crippen molar-refractivity contribution in [3.05, 3.63) is 42.2 Å². The van der Waals surface area contributed by atoms with E-state index >= 15 is 0 Å². The Labute approximate surface area is 163 Å². The van der Waals surface area contributed by atoms with E-state index in [1.165, 1.54) is 0 Å². The maximum Gasteiger partial charge on any atom is 0.289 e. The van der Waals surface area contributed by atoms with Crippen LogP contribution < -0.4 is 10.6 Å². The molecule has 0 unspecified atom stereocenters. The van der Waals surface area contributed by atoms with Crippen LogP contribution in [0.15, 0.2) is 40.9 Å². The number of hydrogen-bond acceptors (Lipinski definition) is 4. The van der Waals surface area contributed by atoms with Gasteiger partial charge in [-0.1, -0.05) is 61.2 Å². The Morgan fingerprint density at radius 1 is 1.11 bits per heavy atom. The van der Waals surface area contributed by atoms with E-state index in [1.807, 2.05) is 30.3 Å². The van der Waals surface area contributed by atoms with Crippen LogP contribution in [0.25, 0.3) is 11.3 Å². The summed E-state index contributed by atoms with van der Waals surface area (Å²) in [7, 11) is 0. The van der Waals surface area contributed by atoms with Crippen molar-refractivity contribution < 1.29 is 14.1 Å². The van der Waals surface area contributed by atoms with E-state index in [4.69, 9.17) is 16.1 Å². The van der Waals surface area contributed by atoms with Gasteiger partial charge in [0.2, 0.25) is 11.7 Å². The van der Waals surface area contributed by atoms with Gasteiger partial charge in [-0.3, -0.25) is 9.59 Å². The van der Waals surface area contributed by atoms with Gasteiger partial charge >= 0.3 is 0 Å². The highest BCUT2D eigenvalue weighted by Crippen LogP contribution is 2.27. The molecule has 1 aromatic carbocycles. The SMILES string of the molecule is O=C(CCl)NC1(CNC(=O)c2cc(-c3ccccc3)no2)CCCCCC1. The maximum atomic E-state index is 12.5. The van der Waals surface area contributed by atoms with Crippen molar-refractivity contribution in [2.45, 2.75) is 44.1 Å². The molecule has 0 atom stereocenters. The van der Waals surface area contributed by atoms with Gasteiger partial charge in [-0.15, -0.1) is 11.6 Å². The normalized spacial score (nSPS) is 16.3. The van der Waals surface area contributed by atoms with Gasteiger partial charge in [0, 0.05) is 18.2 Å². The first kappa shape index (κ1) is 19.4. The van der Waals surface area contributed by atoms with Crippen molar-refractivity contribution >= 4 is 23.4 Å². The number of hydrogen-bond donors (Lipinski definition) is 2. The zero-order valence-corrected chi connectivity index (χ0v) is 15.9. The lowest BCUT2D eigenvalue weighted by Gasteiger charge is -2.34. The smallest absolute Gasteiger partial charge is 0.289 e. The molecule has 1 fully saturated rings. The Morgan fingerprint density at radius 3 is 2.48 bits per heavy atom.